The number of hydrogen-bond acceptors (Lipinski definition) is 3. The third-order valence-electron chi connectivity index (χ3n) is 3.90. The summed E-state index contributed by atoms with van der Waals surface area (Å²) in [5.74, 6) is 0.741. The van der Waals surface area contributed by atoms with E-state index >= 15 is 0 Å². The maximum atomic E-state index is 12.1. The summed E-state index contributed by atoms with van der Waals surface area (Å²) in [7, 11) is 0. The van der Waals surface area contributed by atoms with E-state index in [0.29, 0.717) is 18.7 Å². The SMILES string of the molecule is CCCNC(=O)c1cccc(CN=C(NCC)NCCCn2cccn2)c1.I. The van der Waals surface area contributed by atoms with Crippen LogP contribution in [0.4, 0.5) is 0 Å². The minimum Gasteiger partial charge on any atom is -0.357 e. The van der Waals surface area contributed by atoms with Gasteiger partial charge in [0.15, 0.2) is 5.96 Å². The molecule has 1 heterocycles. The smallest absolute Gasteiger partial charge is 0.251 e. The Balaban J connectivity index is 0.00000392. The van der Waals surface area contributed by atoms with E-state index in [4.69, 9.17) is 0 Å². The fraction of sp³-hybridized carbons (Fsp3) is 0.450. The minimum atomic E-state index is -0.0358. The zero-order valence-corrected chi connectivity index (χ0v) is 19.0. The van der Waals surface area contributed by atoms with Crippen molar-refractivity contribution < 1.29 is 4.79 Å². The summed E-state index contributed by atoms with van der Waals surface area (Å²) in [5.41, 5.74) is 1.68. The van der Waals surface area contributed by atoms with E-state index in [1.165, 1.54) is 0 Å². The Bertz CT molecular complexity index is 717. The Morgan fingerprint density at radius 1 is 1.14 bits per heavy atom. The molecule has 3 N–H and O–H groups in total. The largest absolute Gasteiger partial charge is 0.357 e. The summed E-state index contributed by atoms with van der Waals surface area (Å²) in [4.78, 5) is 16.7. The van der Waals surface area contributed by atoms with Gasteiger partial charge in [0.2, 0.25) is 0 Å². The third-order valence-corrected chi connectivity index (χ3v) is 3.90. The van der Waals surface area contributed by atoms with Gasteiger partial charge in [-0.15, -0.1) is 24.0 Å². The maximum absolute atomic E-state index is 12.1. The van der Waals surface area contributed by atoms with Crippen molar-refractivity contribution in [2.24, 2.45) is 4.99 Å². The first-order valence-corrected chi connectivity index (χ1v) is 9.59. The summed E-state index contributed by atoms with van der Waals surface area (Å²) in [6, 6.07) is 9.54. The second-order valence-electron chi connectivity index (χ2n) is 6.20. The Hall–Kier alpha value is -2.10. The molecular weight excluding hydrogens is 467 g/mol. The fourth-order valence-electron chi connectivity index (χ4n) is 2.54. The lowest BCUT2D eigenvalue weighted by molar-refractivity contribution is 0.0953. The molecule has 8 heteroatoms. The molecule has 1 aromatic heterocycles. The van der Waals surface area contributed by atoms with Gasteiger partial charge in [-0.25, -0.2) is 4.99 Å². The van der Waals surface area contributed by atoms with Crippen LogP contribution in [0.15, 0.2) is 47.7 Å². The molecule has 1 amide bonds. The number of nitrogens with zero attached hydrogens (tertiary/aromatic N) is 3. The number of carbonyl (C=O) groups excluding carboxylic acids is 1. The Morgan fingerprint density at radius 2 is 2.00 bits per heavy atom. The van der Waals surface area contributed by atoms with Crippen molar-refractivity contribution in [1.29, 1.82) is 0 Å². The molecule has 0 spiro atoms. The highest BCUT2D eigenvalue weighted by atomic mass is 127. The number of aliphatic imine (C=N–C) groups is 1. The van der Waals surface area contributed by atoms with Gasteiger partial charge in [0.1, 0.15) is 0 Å². The van der Waals surface area contributed by atoms with E-state index in [-0.39, 0.29) is 29.9 Å². The van der Waals surface area contributed by atoms with E-state index in [1.807, 2.05) is 55.1 Å². The number of benzene rings is 1. The molecule has 0 aliphatic rings. The molecule has 28 heavy (non-hydrogen) atoms. The number of aryl methyl sites for hydroxylation is 1. The van der Waals surface area contributed by atoms with Crippen LogP contribution in [0.1, 0.15) is 42.6 Å². The monoisotopic (exact) mass is 498 g/mol. The minimum absolute atomic E-state index is 0. The number of amides is 1. The van der Waals surface area contributed by atoms with Crippen molar-refractivity contribution in [3.63, 3.8) is 0 Å². The Morgan fingerprint density at radius 3 is 2.71 bits per heavy atom. The van der Waals surface area contributed by atoms with Crippen molar-refractivity contribution in [3.05, 3.63) is 53.9 Å². The van der Waals surface area contributed by atoms with Gasteiger partial charge in [-0.2, -0.15) is 5.10 Å². The summed E-state index contributed by atoms with van der Waals surface area (Å²) < 4.78 is 1.92. The van der Waals surface area contributed by atoms with E-state index in [1.54, 1.807) is 6.20 Å². The molecule has 0 bridgehead atoms. The highest BCUT2D eigenvalue weighted by molar-refractivity contribution is 14.0. The van der Waals surface area contributed by atoms with Crippen LogP contribution in [0.5, 0.6) is 0 Å². The first kappa shape index (κ1) is 23.9. The predicted octanol–water partition coefficient (Wildman–Crippen LogP) is 2.79. The topological polar surface area (TPSA) is 83.3 Å². The molecule has 0 saturated carbocycles. The highest BCUT2D eigenvalue weighted by Gasteiger charge is 2.05. The van der Waals surface area contributed by atoms with Crippen LogP contribution in [0, 0.1) is 0 Å². The molecule has 0 aliphatic carbocycles. The van der Waals surface area contributed by atoms with Gasteiger partial charge in [0, 0.05) is 44.1 Å². The normalized spacial score (nSPS) is 10.9. The highest BCUT2D eigenvalue weighted by Crippen LogP contribution is 2.07. The maximum Gasteiger partial charge on any atom is 0.251 e. The van der Waals surface area contributed by atoms with Gasteiger partial charge in [0.25, 0.3) is 5.91 Å². The fourth-order valence-corrected chi connectivity index (χ4v) is 2.54. The standard InChI is InChI=1S/C20H30N6O.HI/c1-3-10-22-19(27)18-9-5-8-17(15-18)16-24-20(21-4-2)23-11-6-13-26-14-7-12-25-26;/h5,7-9,12,14-15H,3-4,6,10-11,13,16H2,1-2H3,(H,22,27)(H2,21,23,24);1H. The zero-order valence-electron chi connectivity index (χ0n) is 16.6. The Labute approximate surface area is 184 Å². The predicted molar refractivity (Wildman–Crippen MR) is 124 cm³/mol. The van der Waals surface area contributed by atoms with Crippen LogP contribution >= 0.6 is 24.0 Å². The summed E-state index contributed by atoms with van der Waals surface area (Å²) in [6.45, 7) is 7.76. The van der Waals surface area contributed by atoms with Gasteiger partial charge >= 0.3 is 0 Å². The molecule has 0 aliphatic heterocycles. The number of carbonyl (C=O) groups is 1. The van der Waals surface area contributed by atoms with Crippen molar-refractivity contribution >= 4 is 35.8 Å². The average Bonchev–Trinajstić information content (AvgIpc) is 3.21. The lowest BCUT2D eigenvalue weighted by atomic mass is 10.1. The van der Waals surface area contributed by atoms with E-state index in [9.17, 15) is 4.79 Å². The summed E-state index contributed by atoms with van der Waals surface area (Å²) in [6.07, 6.45) is 5.63. The molecule has 7 nitrogen and oxygen atoms in total. The second-order valence-corrected chi connectivity index (χ2v) is 6.20. The number of nitrogens with one attached hydrogen (secondary N) is 3. The van der Waals surface area contributed by atoms with Crippen molar-refractivity contribution in [3.8, 4) is 0 Å². The first-order valence-electron chi connectivity index (χ1n) is 9.59. The van der Waals surface area contributed by atoms with Gasteiger partial charge in [-0.05, 0) is 43.5 Å². The quantitative estimate of drug-likeness (QED) is 0.204. The lowest BCUT2D eigenvalue weighted by Gasteiger charge is -2.11. The first-order chi connectivity index (χ1) is 13.2. The number of halogens is 1. The van der Waals surface area contributed by atoms with Crippen LogP contribution in [-0.4, -0.2) is 41.3 Å². The van der Waals surface area contributed by atoms with Crippen LogP contribution in [-0.2, 0) is 13.1 Å². The number of hydrogen-bond donors (Lipinski definition) is 3. The molecule has 1 aromatic carbocycles. The van der Waals surface area contributed by atoms with Crippen LogP contribution in [0.3, 0.4) is 0 Å². The molecule has 0 unspecified atom stereocenters. The van der Waals surface area contributed by atoms with Crippen molar-refractivity contribution in [2.75, 3.05) is 19.6 Å². The molecular formula is C20H31IN6O. The average molecular weight is 498 g/mol. The zero-order chi connectivity index (χ0) is 19.3. The van der Waals surface area contributed by atoms with Crippen LogP contribution < -0.4 is 16.0 Å². The van der Waals surface area contributed by atoms with Gasteiger partial charge in [0.05, 0.1) is 6.54 Å². The van der Waals surface area contributed by atoms with E-state index in [2.05, 4.69) is 26.0 Å². The molecule has 154 valence electrons. The number of aromatic nitrogens is 2. The summed E-state index contributed by atoms with van der Waals surface area (Å²) >= 11 is 0. The van der Waals surface area contributed by atoms with Gasteiger partial charge in [-0.1, -0.05) is 19.1 Å². The van der Waals surface area contributed by atoms with E-state index in [0.717, 1.165) is 44.0 Å². The van der Waals surface area contributed by atoms with Gasteiger partial charge in [-0.3, -0.25) is 9.48 Å². The van der Waals surface area contributed by atoms with Gasteiger partial charge < -0.3 is 16.0 Å². The van der Waals surface area contributed by atoms with Crippen LogP contribution in [0.25, 0.3) is 0 Å². The molecule has 0 saturated heterocycles. The third kappa shape index (κ3) is 8.73. The Kier molecular flexibility index (Phi) is 11.9. The second kappa shape index (κ2) is 14.0. The molecule has 0 radical (unpaired) electrons. The molecule has 0 fully saturated rings. The molecule has 0 atom stereocenters. The lowest BCUT2D eigenvalue weighted by Crippen LogP contribution is -2.38. The molecule has 2 rings (SSSR count). The van der Waals surface area contributed by atoms with E-state index < -0.39 is 0 Å². The number of rotatable bonds is 10. The van der Waals surface area contributed by atoms with Crippen molar-refractivity contribution in [2.45, 2.75) is 39.8 Å². The summed E-state index contributed by atoms with van der Waals surface area (Å²) in [5, 5.41) is 13.7. The molecule has 2 aromatic rings. The number of guanidine groups is 1. The van der Waals surface area contributed by atoms with Crippen molar-refractivity contribution in [1.82, 2.24) is 25.7 Å². The van der Waals surface area contributed by atoms with Crippen LogP contribution in [0.2, 0.25) is 0 Å².